The van der Waals surface area contributed by atoms with Gasteiger partial charge in [0.05, 0.1) is 23.8 Å². The molecule has 1 unspecified atom stereocenters. The maximum atomic E-state index is 13.2. The third kappa shape index (κ3) is 6.48. The number of aromatic nitrogens is 2. The van der Waals surface area contributed by atoms with Crippen LogP contribution in [0.5, 0.6) is 5.88 Å². The summed E-state index contributed by atoms with van der Waals surface area (Å²) in [5.41, 5.74) is 2.36. The second kappa shape index (κ2) is 10.7. The molecular formula is C27H33N3O5. The molecule has 1 heterocycles. The molecule has 3 rings (SSSR count). The minimum Gasteiger partial charge on any atom is -0.481 e. The number of hydrogen-bond donors (Lipinski definition) is 3. The predicted molar refractivity (Wildman–Crippen MR) is 133 cm³/mol. The first-order chi connectivity index (χ1) is 16.5. The van der Waals surface area contributed by atoms with Crippen LogP contribution in [-0.2, 0) is 4.79 Å². The van der Waals surface area contributed by atoms with E-state index in [-0.39, 0.29) is 24.6 Å². The molecular weight excluding hydrogens is 446 g/mol. The highest BCUT2D eigenvalue weighted by molar-refractivity contribution is 5.93. The molecule has 0 fully saturated rings. The van der Waals surface area contributed by atoms with Gasteiger partial charge in [0.15, 0.2) is 5.69 Å². The number of para-hydroxylation sites is 1. The summed E-state index contributed by atoms with van der Waals surface area (Å²) in [4.78, 5) is 24.8. The highest BCUT2D eigenvalue weighted by Crippen LogP contribution is 2.25. The number of carboxylic acid groups (broad SMARTS) is 1. The maximum absolute atomic E-state index is 13.2. The van der Waals surface area contributed by atoms with E-state index in [4.69, 9.17) is 4.74 Å². The maximum Gasteiger partial charge on any atom is 0.305 e. The van der Waals surface area contributed by atoms with Gasteiger partial charge in [0.1, 0.15) is 6.61 Å². The third-order valence-corrected chi connectivity index (χ3v) is 6.15. The zero-order valence-electron chi connectivity index (χ0n) is 20.8. The molecule has 2 aromatic carbocycles. The van der Waals surface area contributed by atoms with Crippen molar-refractivity contribution >= 4 is 11.9 Å². The normalized spacial score (nSPS) is 13.8. The van der Waals surface area contributed by atoms with Gasteiger partial charge in [-0.1, -0.05) is 55.8 Å². The number of rotatable bonds is 10. The lowest BCUT2D eigenvalue weighted by Crippen LogP contribution is -2.38. The number of aryl methyl sites for hydroxylation is 2. The average Bonchev–Trinajstić information content (AvgIpc) is 3.22. The fraction of sp³-hybridized carbons (Fsp3) is 0.370. The Morgan fingerprint density at radius 1 is 1.11 bits per heavy atom. The van der Waals surface area contributed by atoms with Crippen LogP contribution in [0.4, 0.5) is 0 Å². The molecule has 3 N–H and O–H groups in total. The van der Waals surface area contributed by atoms with E-state index in [1.165, 1.54) is 10.7 Å². The second-order valence-electron chi connectivity index (χ2n) is 9.40. The van der Waals surface area contributed by atoms with E-state index < -0.39 is 23.5 Å². The largest absolute Gasteiger partial charge is 0.481 e. The number of nitrogens with one attached hydrogen (secondary N) is 1. The number of nitrogens with zero attached hydrogens (tertiary/aromatic N) is 2. The van der Waals surface area contributed by atoms with Crippen molar-refractivity contribution in [2.75, 3.05) is 6.61 Å². The number of carbonyl (C=O) groups is 2. The van der Waals surface area contributed by atoms with Crippen LogP contribution < -0.4 is 10.1 Å². The average molecular weight is 480 g/mol. The Bertz CT molecular complexity index is 1180. The number of carbonyl (C=O) groups excluding carboxylic acids is 1. The molecule has 1 amide bonds. The van der Waals surface area contributed by atoms with Crippen molar-refractivity contribution in [1.29, 1.82) is 0 Å². The molecule has 0 bridgehead atoms. The quantitative estimate of drug-likeness (QED) is 0.401. The summed E-state index contributed by atoms with van der Waals surface area (Å²) < 4.78 is 7.41. The van der Waals surface area contributed by atoms with E-state index in [9.17, 15) is 19.8 Å². The van der Waals surface area contributed by atoms with Gasteiger partial charge < -0.3 is 20.3 Å². The highest BCUT2D eigenvalue weighted by atomic mass is 16.5. The minimum atomic E-state index is -1.08. The summed E-state index contributed by atoms with van der Waals surface area (Å²) in [5, 5.41) is 27.3. The van der Waals surface area contributed by atoms with Crippen molar-refractivity contribution in [3.05, 3.63) is 77.0 Å². The number of amides is 1. The van der Waals surface area contributed by atoms with E-state index in [2.05, 4.69) is 10.4 Å². The molecule has 0 aliphatic carbocycles. The van der Waals surface area contributed by atoms with Crippen molar-refractivity contribution in [3.63, 3.8) is 0 Å². The van der Waals surface area contributed by atoms with Crippen LogP contribution in [0.25, 0.3) is 5.69 Å². The second-order valence-corrected chi connectivity index (χ2v) is 9.40. The lowest BCUT2D eigenvalue weighted by atomic mass is 9.94. The van der Waals surface area contributed by atoms with Gasteiger partial charge >= 0.3 is 5.97 Å². The molecule has 0 aliphatic rings. The SMILES string of the molecule is Cc1ccc(C(CC(=O)O)NC(=O)c2cc(OC[C@](C)(O)C(C)C)n(-c3ccccc3)n2)c(C)c1. The van der Waals surface area contributed by atoms with E-state index >= 15 is 0 Å². The smallest absolute Gasteiger partial charge is 0.305 e. The van der Waals surface area contributed by atoms with Crippen molar-refractivity contribution in [1.82, 2.24) is 15.1 Å². The molecule has 1 aromatic heterocycles. The molecule has 35 heavy (non-hydrogen) atoms. The summed E-state index contributed by atoms with van der Waals surface area (Å²) in [6, 6.07) is 15.6. The Hall–Kier alpha value is -3.65. The minimum absolute atomic E-state index is 0.00839. The van der Waals surface area contributed by atoms with Gasteiger partial charge in [-0.15, -0.1) is 0 Å². The van der Waals surface area contributed by atoms with Gasteiger partial charge in [-0.2, -0.15) is 5.10 Å². The Morgan fingerprint density at radius 2 is 1.80 bits per heavy atom. The van der Waals surface area contributed by atoms with Crippen LogP contribution in [0.2, 0.25) is 0 Å². The zero-order chi connectivity index (χ0) is 25.8. The first-order valence-corrected chi connectivity index (χ1v) is 11.6. The Kier molecular flexibility index (Phi) is 7.96. The lowest BCUT2D eigenvalue weighted by Gasteiger charge is -2.27. The number of hydrogen-bond acceptors (Lipinski definition) is 5. The van der Waals surface area contributed by atoms with Crippen LogP contribution >= 0.6 is 0 Å². The first kappa shape index (κ1) is 26.0. The molecule has 0 saturated carbocycles. The van der Waals surface area contributed by atoms with Crippen molar-refractivity contribution < 1.29 is 24.5 Å². The van der Waals surface area contributed by atoms with Gasteiger partial charge in [0.25, 0.3) is 5.91 Å². The first-order valence-electron chi connectivity index (χ1n) is 11.6. The number of ether oxygens (including phenoxy) is 1. The monoisotopic (exact) mass is 479 g/mol. The third-order valence-electron chi connectivity index (χ3n) is 6.15. The van der Waals surface area contributed by atoms with Gasteiger partial charge in [0.2, 0.25) is 5.88 Å². The molecule has 8 heteroatoms. The molecule has 186 valence electrons. The number of benzene rings is 2. The Morgan fingerprint density at radius 3 is 2.40 bits per heavy atom. The molecule has 8 nitrogen and oxygen atoms in total. The van der Waals surface area contributed by atoms with Crippen molar-refractivity contribution in [3.8, 4) is 11.6 Å². The summed E-state index contributed by atoms with van der Waals surface area (Å²) in [6.45, 7) is 9.33. The van der Waals surface area contributed by atoms with Crippen molar-refractivity contribution in [2.45, 2.75) is 52.7 Å². The van der Waals surface area contributed by atoms with E-state index in [0.29, 0.717) is 11.6 Å². The molecule has 0 radical (unpaired) electrons. The van der Waals surface area contributed by atoms with Crippen LogP contribution in [0.3, 0.4) is 0 Å². The van der Waals surface area contributed by atoms with E-state index in [0.717, 1.165) is 16.7 Å². The van der Waals surface area contributed by atoms with Gasteiger partial charge in [-0.3, -0.25) is 9.59 Å². The molecule has 0 aliphatic heterocycles. The van der Waals surface area contributed by atoms with Gasteiger partial charge in [0, 0.05) is 6.07 Å². The number of carboxylic acids is 1. The summed E-state index contributed by atoms with van der Waals surface area (Å²) in [5.74, 6) is -1.30. The fourth-order valence-corrected chi connectivity index (χ4v) is 3.58. The number of aliphatic carboxylic acids is 1. The van der Waals surface area contributed by atoms with Crippen LogP contribution in [0, 0.1) is 19.8 Å². The summed E-state index contributed by atoms with van der Waals surface area (Å²) in [7, 11) is 0. The summed E-state index contributed by atoms with van der Waals surface area (Å²) >= 11 is 0. The lowest BCUT2D eigenvalue weighted by molar-refractivity contribution is -0.137. The zero-order valence-corrected chi connectivity index (χ0v) is 20.8. The Balaban J connectivity index is 1.92. The van der Waals surface area contributed by atoms with Crippen LogP contribution in [0.15, 0.2) is 54.6 Å². The fourth-order valence-electron chi connectivity index (χ4n) is 3.58. The standard InChI is InChI=1S/C27H33N3O5/c1-17(2)27(5,34)16-35-24-14-23(29-30(24)20-9-7-6-8-10-20)26(33)28-22(15-25(31)32)21-12-11-18(3)13-19(21)4/h6-14,17,22,34H,15-16H2,1-5H3,(H,28,33)(H,31,32)/t22?,27-/m0/s1. The highest BCUT2D eigenvalue weighted by Gasteiger charge is 2.28. The summed E-state index contributed by atoms with van der Waals surface area (Å²) in [6.07, 6.45) is -0.268. The molecule has 0 saturated heterocycles. The predicted octanol–water partition coefficient (Wildman–Crippen LogP) is 4.22. The van der Waals surface area contributed by atoms with E-state index in [1.807, 2.05) is 76.2 Å². The van der Waals surface area contributed by atoms with Gasteiger partial charge in [-0.05, 0) is 49.9 Å². The van der Waals surface area contributed by atoms with E-state index in [1.54, 1.807) is 6.92 Å². The molecule has 3 aromatic rings. The Labute approximate surface area is 205 Å². The van der Waals surface area contributed by atoms with Crippen molar-refractivity contribution in [2.24, 2.45) is 5.92 Å². The number of aliphatic hydroxyl groups is 1. The van der Waals surface area contributed by atoms with Crippen LogP contribution in [-0.4, -0.2) is 44.1 Å². The van der Waals surface area contributed by atoms with Gasteiger partial charge in [-0.25, -0.2) is 4.68 Å². The molecule has 2 atom stereocenters. The topological polar surface area (TPSA) is 114 Å². The molecule has 0 spiro atoms. The van der Waals surface area contributed by atoms with Crippen LogP contribution in [0.1, 0.15) is 60.4 Å².